The molecule has 0 saturated heterocycles. The number of hydrogen-bond donors (Lipinski definition) is 0. The molecule has 1 fully saturated rings. The predicted octanol–water partition coefficient (Wildman–Crippen LogP) is 2.83. The van der Waals surface area contributed by atoms with Crippen LogP contribution < -0.4 is 0 Å². The van der Waals surface area contributed by atoms with Crippen LogP contribution in [-0.4, -0.2) is 23.2 Å². The summed E-state index contributed by atoms with van der Waals surface area (Å²) in [7, 11) is 1.57. The van der Waals surface area contributed by atoms with Crippen molar-refractivity contribution >= 4 is 31.1 Å². The van der Waals surface area contributed by atoms with Gasteiger partial charge in [-0.3, -0.25) is 4.57 Å². The van der Waals surface area contributed by atoms with Crippen LogP contribution in [0.15, 0.2) is 16.6 Å². The van der Waals surface area contributed by atoms with E-state index in [9.17, 15) is 8.42 Å². The summed E-state index contributed by atoms with van der Waals surface area (Å²) >= 11 is 1.55. The van der Waals surface area contributed by atoms with Crippen molar-refractivity contribution < 1.29 is 8.42 Å². The average molecular weight is 318 g/mol. The van der Waals surface area contributed by atoms with Crippen molar-refractivity contribution in [3.8, 4) is 10.7 Å². The number of thiophene rings is 1. The summed E-state index contributed by atoms with van der Waals surface area (Å²) in [4.78, 5) is 0.980. The van der Waals surface area contributed by atoms with E-state index in [1.807, 2.05) is 11.4 Å². The molecule has 5 nitrogen and oxygen atoms in total. The Morgan fingerprint density at radius 1 is 1.47 bits per heavy atom. The van der Waals surface area contributed by atoms with Crippen LogP contribution in [0.3, 0.4) is 0 Å². The van der Waals surface area contributed by atoms with Crippen molar-refractivity contribution in [2.75, 3.05) is 0 Å². The van der Waals surface area contributed by atoms with Gasteiger partial charge in [0, 0.05) is 16.7 Å². The number of halogens is 1. The molecule has 0 bridgehead atoms. The third kappa shape index (κ3) is 2.30. The fourth-order valence-corrected chi connectivity index (χ4v) is 3.97. The number of nitrogens with zero attached hydrogens (tertiary/aromatic N) is 3. The van der Waals surface area contributed by atoms with E-state index >= 15 is 0 Å². The largest absolute Gasteiger partial charge is 0.296 e. The highest BCUT2D eigenvalue weighted by Crippen LogP contribution is 2.42. The van der Waals surface area contributed by atoms with E-state index in [0.717, 1.165) is 29.7 Å². The maximum atomic E-state index is 11.6. The van der Waals surface area contributed by atoms with E-state index in [-0.39, 0.29) is 11.2 Å². The number of hydrogen-bond acceptors (Lipinski definition) is 5. The summed E-state index contributed by atoms with van der Waals surface area (Å²) in [6.45, 7) is 2.06. The maximum Gasteiger partial charge on any atom is 0.296 e. The molecule has 0 N–H and O–H groups in total. The molecule has 0 aliphatic heterocycles. The summed E-state index contributed by atoms with van der Waals surface area (Å²) in [5, 5.41) is 9.68. The minimum Gasteiger partial charge on any atom is -0.293 e. The second kappa shape index (κ2) is 4.57. The maximum absolute atomic E-state index is 11.6. The Morgan fingerprint density at radius 2 is 2.21 bits per heavy atom. The first-order valence-electron chi connectivity index (χ1n) is 5.98. The van der Waals surface area contributed by atoms with Crippen LogP contribution in [0.5, 0.6) is 0 Å². The molecule has 102 valence electrons. The highest BCUT2D eigenvalue weighted by molar-refractivity contribution is 8.13. The van der Waals surface area contributed by atoms with Gasteiger partial charge in [0.2, 0.25) is 0 Å². The van der Waals surface area contributed by atoms with Gasteiger partial charge in [0.05, 0.1) is 4.88 Å². The molecule has 1 saturated carbocycles. The lowest BCUT2D eigenvalue weighted by Crippen LogP contribution is -2.06. The molecule has 19 heavy (non-hydrogen) atoms. The number of aryl methyl sites for hydroxylation is 1. The highest BCUT2D eigenvalue weighted by Gasteiger charge is 2.34. The predicted molar refractivity (Wildman–Crippen MR) is 74.0 cm³/mol. The van der Waals surface area contributed by atoms with Crippen molar-refractivity contribution in [3.63, 3.8) is 0 Å². The first kappa shape index (κ1) is 13.1. The van der Waals surface area contributed by atoms with Gasteiger partial charge < -0.3 is 0 Å². The van der Waals surface area contributed by atoms with E-state index in [1.54, 1.807) is 15.9 Å². The average Bonchev–Trinajstić information content (AvgIpc) is 2.92. The molecule has 0 unspecified atom stereocenters. The fraction of sp³-hybridized carbons (Fsp3) is 0.455. The van der Waals surface area contributed by atoms with E-state index in [2.05, 4.69) is 17.1 Å². The summed E-state index contributed by atoms with van der Waals surface area (Å²) in [6.07, 6.45) is 2.76. The van der Waals surface area contributed by atoms with Gasteiger partial charge in [-0.05, 0) is 36.3 Å². The SMILES string of the molecule is CCc1ccsc1-c1nnc(S(=O)(=O)Cl)n1C1CC1. The van der Waals surface area contributed by atoms with E-state index in [1.165, 1.54) is 0 Å². The van der Waals surface area contributed by atoms with Crippen LogP contribution in [-0.2, 0) is 15.5 Å². The monoisotopic (exact) mass is 317 g/mol. The third-order valence-electron chi connectivity index (χ3n) is 3.13. The van der Waals surface area contributed by atoms with Gasteiger partial charge in [0.25, 0.3) is 14.2 Å². The Kier molecular flexibility index (Phi) is 3.15. The molecule has 0 spiro atoms. The molecular formula is C11H12ClN3O2S2. The number of rotatable bonds is 4. The van der Waals surface area contributed by atoms with Gasteiger partial charge in [-0.2, -0.15) is 0 Å². The first-order valence-corrected chi connectivity index (χ1v) is 9.17. The Labute approximate surface area is 119 Å². The molecular weight excluding hydrogens is 306 g/mol. The van der Waals surface area contributed by atoms with Crippen LogP contribution in [0.1, 0.15) is 31.4 Å². The molecule has 0 aromatic carbocycles. The summed E-state index contributed by atoms with van der Waals surface area (Å²) in [5.74, 6) is 0.619. The molecule has 2 aromatic rings. The third-order valence-corrected chi connectivity index (χ3v) is 5.21. The van der Waals surface area contributed by atoms with Crippen molar-refractivity contribution in [2.24, 2.45) is 0 Å². The standard InChI is InChI=1S/C11H12ClN3O2S2/c1-2-7-5-6-18-9(7)10-13-14-11(19(12,16)17)15(10)8-3-4-8/h5-6,8H,2-4H2,1H3. The van der Waals surface area contributed by atoms with Crippen molar-refractivity contribution in [3.05, 3.63) is 17.0 Å². The minimum atomic E-state index is -3.86. The minimum absolute atomic E-state index is 0.137. The molecule has 2 heterocycles. The van der Waals surface area contributed by atoms with Crippen molar-refractivity contribution in [1.29, 1.82) is 0 Å². The summed E-state index contributed by atoms with van der Waals surface area (Å²) in [6, 6.07) is 2.18. The van der Waals surface area contributed by atoms with E-state index < -0.39 is 9.05 Å². The van der Waals surface area contributed by atoms with Crippen molar-refractivity contribution in [2.45, 2.75) is 37.4 Å². The van der Waals surface area contributed by atoms with Crippen LogP contribution in [0.4, 0.5) is 0 Å². The quantitative estimate of drug-likeness (QED) is 0.813. The Balaban J connectivity index is 2.20. The van der Waals surface area contributed by atoms with Gasteiger partial charge >= 0.3 is 0 Å². The van der Waals surface area contributed by atoms with E-state index in [0.29, 0.717) is 5.82 Å². The zero-order valence-electron chi connectivity index (χ0n) is 10.2. The Hall–Kier alpha value is -0.920. The Bertz CT molecular complexity index is 716. The Morgan fingerprint density at radius 3 is 2.79 bits per heavy atom. The van der Waals surface area contributed by atoms with Crippen molar-refractivity contribution in [1.82, 2.24) is 14.8 Å². The topological polar surface area (TPSA) is 64.8 Å². The molecule has 0 radical (unpaired) electrons. The van der Waals surface area contributed by atoms with Gasteiger partial charge in [0.15, 0.2) is 5.82 Å². The van der Waals surface area contributed by atoms with Crippen LogP contribution in [0.25, 0.3) is 10.7 Å². The molecule has 1 aliphatic carbocycles. The second-order valence-electron chi connectivity index (χ2n) is 4.47. The summed E-state index contributed by atoms with van der Waals surface area (Å²) < 4.78 is 24.8. The highest BCUT2D eigenvalue weighted by atomic mass is 35.7. The van der Waals surface area contributed by atoms with Gasteiger partial charge in [0.1, 0.15) is 0 Å². The number of aromatic nitrogens is 3. The molecule has 0 amide bonds. The fourth-order valence-electron chi connectivity index (χ4n) is 2.07. The second-order valence-corrected chi connectivity index (χ2v) is 7.85. The van der Waals surface area contributed by atoms with Gasteiger partial charge in [-0.25, -0.2) is 8.42 Å². The normalized spacial score (nSPS) is 15.9. The molecule has 0 atom stereocenters. The smallest absolute Gasteiger partial charge is 0.293 e. The van der Waals surface area contributed by atoms with Crippen LogP contribution >= 0.6 is 22.0 Å². The zero-order chi connectivity index (χ0) is 13.6. The van der Waals surface area contributed by atoms with E-state index in [4.69, 9.17) is 10.7 Å². The van der Waals surface area contributed by atoms with Crippen LogP contribution in [0, 0.1) is 0 Å². The van der Waals surface area contributed by atoms with Gasteiger partial charge in [-0.1, -0.05) is 6.92 Å². The lowest BCUT2D eigenvalue weighted by molar-refractivity contribution is 0.579. The van der Waals surface area contributed by atoms with Gasteiger partial charge in [-0.15, -0.1) is 21.5 Å². The van der Waals surface area contributed by atoms with Crippen LogP contribution in [0.2, 0.25) is 0 Å². The molecule has 2 aromatic heterocycles. The molecule has 8 heteroatoms. The first-order chi connectivity index (χ1) is 9.02. The summed E-state index contributed by atoms with van der Waals surface area (Å²) in [5.41, 5.74) is 1.15. The molecule has 3 rings (SSSR count). The lowest BCUT2D eigenvalue weighted by Gasteiger charge is -2.07. The molecule has 1 aliphatic rings. The zero-order valence-corrected chi connectivity index (χ0v) is 12.6. The lowest BCUT2D eigenvalue weighted by atomic mass is 10.2.